The molecule has 534 valence electrons. The first-order valence-corrected chi connectivity index (χ1v) is 38.7. The summed E-state index contributed by atoms with van der Waals surface area (Å²) < 4.78 is 14.1. The van der Waals surface area contributed by atoms with Crippen LogP contribution in [0.2, 0.25) is 0 Å². The van der Waals surface area contributed by atoms with Crippen LogP contribution in [0.1, 0.15) is 0 Å². The Kier molecular flexibility index (Phi) is 15.7. The number of para-hydroxylation sites is 9. The van der Waals surface area contributed by atoms with E-state index < -0.39 is 0 Å². The highest BCUT2D eigenvalue weighted by Gasteiger charge is 2.25. The maximum absolute atomic E-state index is 5.14. The molecule has 0 aliphatic carbocycles. The van der Waals surface area contributed by atoms with Crippen LogP contribution >= 0.6 is 0 Å². The van der Waals surface area contributed by atoms with Crippen molar-refractivity contribution in [1.29, 1.82) is 0 Å². The summed E-state index contributed by atoms with van der Waals surface area (Å²) in [5, 5.41) is 15.1. The minimum atomic E-state index is 0.669. The van der Waals surface area contributed by atoms with Gasteiger partial charge in [-0.3, -0.25) is 9.13 Å². The van der Waals surface area contributed by atoms with Crippen LogP contribution < -0.4 is 0 Å². The number of hydrogen-bond donors (Lipinski definition) is 0. The Morgan fingerprint density at radius 2 is 0.430 bits per heavy atom. The summed E-state index contributed by atoms with van der Waals surface area (Å²) >= 11 is 0. The molecule has 0 atom stereocenters. The van der Waals surface area contributed by atoms with Crippen LogP contribution in [0.25, 0.3) is 199 Å². The SMILES string of the molecule is c1ccc(-c2cccc(-n3c4ccccc4c4c5c6ccccc6n(-c6ccccc6)c5ccc43)c2)cc1.c1ccc(-c2cccc(-n3c4ccccc4c4c5c6ccccc6n(-c6ccccc6)c5ccc43)n2)cc1.c1ccc(-c2cnc(-n3c4ccccc4c4c5c6ccccc6n(-c6ccccc6)c5ccc43)nc2)cc1. The third kappa shape index (κ3) is 10.7. The minimum absolute atomic E-state index is 0.669. The largest absolute Gasteiger partial charge is 0.309 e. The maximum atomic E-state index is 5.14. The van der Waals surface area contributed by atoms with Crippen LogP contribution in [0, 0.1) is 0 Å². The molecule has 0 fully saturated rings. The molecule has 114 heavy (non-hydrogen) atoms. The summed E-state index contributed by atoms with van der Waals surface area (Å²) in [7, 11) is 0. The highest BCUT2D eigenvalue weighted by Crippen LogP contribution is 2.47. The average Bonchev–Trinajstić information content (AvgIpc) is 1.56. The van der Waals surface area contributed by atoms with Crippen molar-refractivity contribution in [2.75, 3.05) is 0 Å². The number of fused-ring (bicyclic) bond motifs is 21. The van der Waals surface area contributed by atoms with Gasteiger partial charge in [-0.05, 0) is 150 Å². The second kappa shape index (κ2) is 27.3. The predicted octanol–water partition coefficient (Wildman–Crippen LogP) is 26.8. The molecule has 0 bridgehead atoms. The molecule has 8 aromatic heterocycles. The van der Waals surface area contributed by atoms with Gasteiger partial charge in [0.05, 0.1) is 71.9 Å². The topological polar surface area (TPSA) is 68.2 Å². The molecule has 0 saturated heterocycles. The third-order valence-electron chi connectivity index (χ3n) is 22.6. The monoisotopic (exact) mass is 1460 g/mol. The van der Waals surface area contributed by atoms with E-state index in [1.54, 1.807) is 0 Å². The summed E-state index contributed by atoms with van der Waals surface area (Å²) in [6, 6.07) is 144. The molecule has 0 amide bonds. The van der Waals surface area contributed by atoms with Gasteiger partial charge < -0.3 is 18.3 Å². The number of hydrogen-bond acceptors (Lipinski definition) is 3. The van der Waals surface area contributed by atoms with Gasteiger partial charge in [0, 0.05) is 111 Å². The number of benzene rings is 16. The zero-order valence-electron chi connectivity index (χ0n) is 61.9. The lowest BCUT2D eigenvalue weighted by Crippen LogP contribution is -2.00. The lowest BCUT2D eigenvalue weighted by Gasteiger charge is -2.11. The van der Waals surface area contributed by atoms with Gasteiger partial charge in [-0.2, -0.15) is 0 Å². The number of aromatic nitrogens is 9. The van der Waals surface area contributed by atoms with Gasteiger partial charge >= 0.3 is 0 Å². The Balaban J connectivity index is 0.000000104. The van der Waals surface area contributed by atoms with E-state index in [9.17, 15) is 0 Å². The van der Waals surface area contributed by atoms with Crippen molar-refractivity contribution in [2.45, 2.75) is 0 Å². The maximum Gasteiger partial charge on any atom is 0.234 e. The van der Waals surface area contributed by atoms with E-state index in [1.807, 2.05) is 36.7 Å². The molecule has 0 aliphatic rings. The van der Waals surface area contributed by atoms with Crippen LogP contribution in [-0.4, -0.2) is 42.4 Å². The fraction of sp³-hybridized carbons (Fsp3) is 0. The van der Waals surface area contributed by atoms with Gasteiger partial charge in [0.15, 0.2) is 0 Å². The predicted molar refractivity (Wildman–Crippen MR) is 475 cm³/mol. The van der Waals surface area contributed by atoms with Gasteiger partial charge in [0.1, 0.15) is 5.82 Å². The Morgan fingerprint density at radius 3 is 0.807 bits per heavy atom. The van der Waals surface area contributed by atoms with Crippen LogP contribution in [0.15, 0.2) is 419 Å². The summed E-state index contributed by atoms with van der Waals surface area (Å²) in [6.07, 6.45) is 3.83. The molecule has 9 nitrogen and oxygen atoms in total. The first-order valence-electron chi connectivity index (χ1n) is 38.7. The second-order valence-electron chi connectivity index (χ2n) is 29.0. The Morgan fingerprint density at radius 1 is 0.167 bits per heavy atom. The van der Waals surface area contributed by atoms with Crippen molar-refractivity contribution in [2.24, 2.45) is 0 Å². The molecule has 24 rings (SSSR count). The normalized spacial score (nSPS) is 11.7. The molecule has 9 heteroatoms. The fourth-order valence-electron chi connectivity index (χ4n) is 17.8. The molecule has 0 spiro atoms. The molecule has 0 saturated carbocycles. The van der Waals surface area contributed by atoms with E-state index in [0.717, 1.165) is 56.0 Å². The van der Waals surface area contributed by atoms with Gasteiger partial charge in [0.2, 0.25) is 5.95 Å². The number of rotatable bonds is 9. The van der Waals surface area contributed by atoms with Crippen LogP contribution in [0.3, 0.4) is 0 Å². The van der Waals surface area contributed by atoms with Crippen LogP contribution in [0.4, 0.5) is 0 Å². The van der Waals surface area contributed by atoms with Gasteiger partial charge in [-0.15, -0.1) is 0 Å². The smallest absolute Gasteiger partial charge is 0.234 e. The van der Waals surface area contributed by atoms with Crippen molar-refractivity contribution in [3.8, 4) is 68.0 Å². The highest BCUT2D eigenvalue weighted by molar-refractivity contribution is 6.32. The van der Waals surface area contributed by atoms with E-state index in [0.29, 0.717) is 5.95 Å². The standard InChI is InChI=1S/C36H24N2.C35H23N3.C34H22N4/c1-3-12-25(13-4-1)26-14-11-17-28(24-26)38-32-21-10-8-19-30(32)36-34(38)23-22-33-35(36)29-18-7-9-20-31(29)37(33)27-15-5-2-6-16-27;1-3-12-24(13-4-1)28-18-11-21-33(36-28)38-30-20-10-8-17-27(30)35-32(38)23-22-31-34(35)26-16-7-9-19-29(26)37(31)25-14-5-2-6-15-25;1-3-11-23(12-4-1)24-21-35-34(36-22-24)38-29-18-10-8-16-27(29)33-31(38)20-19-30-32(33)26-15-7-9-17-28(26)37(30)25-13-5-2-6-14-25/h1-24H;1-23H;1-22H. The molecule has 16 aromatic carbocycles. The molecule has 0 unspecified atom stereocenters. The van der Waals surface area contributed by atoms with Crippen molar-refractivity contribution >= 4 is 131 Å². The second-order valence-corrected chi connectivity index (χ2v) is 29.0. The lowest BCUT2D eigenvalue weighted by molar-refractivity contribution is 0.990. The average molecular weight is 1460 g/mol. The number of pyridine rings is 1. The molecular weight excluding hydrogens is 1390 g/mol. The molecule has 0 N–H and O–H groups in total. The zero-order chi connectivity index (χ0) is 75.2. The quantitative estimate of drug-likeness (QED) is 0.145. The molecular formula is C105H69N9. The van der Waals surface area contributed by atoms with E-state index in [1.165, 1.54) is 137 Å². The van der Waals surface area contributed by atoms with Gasteiger partial charge in [-0.1, -0.05) is 273 Å². The van der Waals surface area contributed by atoms with Crippen molar-refractivity contribution in [3.63, 3.8) is 0 Å². The van der Waals surface area contributed by atoms with E-state index in [4.69, 9.17) is 15.0 Å². The molecule has 24 aromatic rings. The van der Waals surface area contributed by atoms with Crippen LogP contribution in [0.5, 0.6) is 0 Å². The lowest BCUT2D eigenvalue weighted by atomic mass is 10.0. The zero-order valence-corrected chi connectivity index (χ0v) is 61.9. The van der Waals surface area contributed by atoms with Gasteiger partial charge in [-0.25, -0.2) is 15.0 Å². The highest BCUT2D eigenvalue weighted by atomic mass is 15.2. The Bertz CT molecular complexity index is 7500. The van der Waals surface area contributed by atoms with Crippen molar-refractivity contribution in [3.05, 3.63) is 419 Å². The summed E-state index contributed by atoms with van der Waals surface area (Å²) in [4.78, 5) is 14.8. The molecule has 0 radical (unpaired) electrons. The molecule has 8 heterocycles. The first kappa shape index (κ1) is 65.6. The molecule has 0 aliphatic heterocycles. The summed E-state index contributed by atoms with van der Waals surface area (Å²) in [5.41, 5.74) is 25.5. The van der Waals surface area contributed by atoms with E-state index in [2.05, 4.69) is 410 Å². The minimum Gasteiger partial charge on any atom is -0.309 e. The summed E-state index contributed by atoms with van der Waals surface area (Å²) in [5.74, 6) is 1.59. The van der Waals surface area contributed by atoms with Crippen molar-refractivity contribution in [1.82, 2.24) is 42.4 Å². The first-order chi connectivity index (χ1) is 56.6. The van der Waals surface area contributed by atoms with Crippen molar-refractivity contribution < 1.29 is 0 Å². The number of nitrogens with zero attached hydrogens (tertiary/aromatic N) is 9. The third-order valence-corrected chi connectivity index (χ3v) is 22.6. The van der Waals surface area contributed by atoms with E-state index in [-0.39, 0.29) is 0 Å². The Labute approximate surface area is 655 Å². The van der Waals surface area contributed by atoms with Crippen LogP contribution in [-0.2, 0) is 0 Å². The fourth-order valence-corrected chi connectivity index (χ4v) is 17.8. The summed E-state index contributed by atoms with van der Waals surface area (Å²) in [6.45, 7) is 0. The van der Waals surface area contributed by atoms with Gasteiger partial charge in [0.25, 0.3) is 0 Å². The Hall–Kier alpha value is -15.5. The van der Waals surface area contributed by atoms with E-state index >= 15 is 0 Å².